The summed E-state index contributed by atoms with van der Waals surface area (Å²) in [4.78, 5) is 14.4. The largest absolute Gasteiger partial charge is 0.367 e. The van der Waals surface area contributed by atoms with Gasteiger partial charge < -0.3 is 4.74 Å². The molecule has 1 fully saturated rings. The zero-order valence-corrected chi connectivity index (χ0v) is 10.7. The monoisotopic (exact) mass is 251 g/mol. The van der Waals surface area contributed by atoms with Crippen molar-refractivity contribution in [3.8, 4) is 0 Å². The van der Waals surface area contributed by atoms with Crippen LogP contribution in [0.3, 0.4) is 0 Å². The smallest absolute Gasteiger partial charge is 0.192 e. The van der Waals surface area contributed by atoms with Gasteiger partial charge in [0, 0.05) is 24.7 Å². The molecular weight excluding hydrogens is 233 g/mol. The number of rotatable bonds is 3. The van der Waals surface area contributed by atoms with Crippen molar-refractivity contribution in [2.45, 2.75) is 26.0 Å². The normalized spacial score (nSPS) is 21.2. The standard InChI is InChI=1S/C14H18FNO2/c1-10(2)16-7-8-18-13(9-16)14(17)11-3-5-12(15)6-4-11/h3-6,10,13H,7-9H2,1-2H3. The molecule has 0 aliphatic carbocycles. The fourth-order valence-corrected chi connectivity index (χ4v) is 2.10. The second-order valence-corrected chi connectivity index (χ2v) is 4.82. The molecule has 0 spiro atoms. The average molecular weight is 251 g/mol. The molecule has 1 unspecified atom stereocenters. The van der Waals surface area contributed by atoms with Gasteiger partial charge in [0.15, 0.2) is 5.78 Å². The number of morpholine rings is 1. The number of halogens is 1. The van der Waals surface area contributed by atoms with Gasteiger partial charge in [0.2, 0.25) is 0 Å². The van der Waals surface area contributed by atoms with Crippen molar-refractivity contribution in [2.24, 2.45) is 0 Å². The summed E-state index contributed by atoms with van der Waals surface area (Å²) >= 11 is 0. The van der Waals surface area contributed by atoms with Gasteiger partial charge in [-0.05, 0) is 38.1 Å². The molecule has 18 heavy (non-hydrogen) atoms. The van der Waals surface area contributed by atoms with E-state index < -0.39 is 6.10 Å². The molecule has 0 N–H and O–H groups in total. The second-order valence-electron chi connectivity index (χ2n) is 4.82. The van der Waals surface area contributed by atoms with Crippen LogP contribution in [0.5, 0.6) is 0 Å². The molecule has 1 aromatic carbocycles. The topological polar surface area (TPSA) is 29.5 Å². The number of ether oxygens (including phenoxy) is 1. The Morgan fingerprint density at radius 2 is 2.06 bits per heavy atom. The predicted octanol–water partition coefficient (Wildman–Crippen LogP) is 2.12. The molecule has 98 valence electrons. The highest BCUT2D eigenvalue weighted by molar-refractivity contribution is 5.99. The van der Waals surface area contributed by atoms with E-state index in [4.69, 9.17) is 4.74 Å². The number of hydrogen-bond donors (Lipinski definition) is 0. The van der Waals surface area contributed by atoms with E-state index in [1.54, 1.807) is 0 Å². The van der Waals surface area contributed by atoms with Crippen molar-refractivity contribution in [1.82, 2.24) is 4.90 Å². The molecule has 1 saturated heterocycles. The van der Waals surface area contributed by atoms with Crippen LogP contribution in [-0.4, -0.2) is 42.5 Å². The van der Waals surface area contributed by atoms with E-state index in [9.17, 15) is 9.18 Å². The number of carbonyl (C=O) groups is 1. The lowest BCUT2D eigenvalue weighted by Crippen LogP contribution is -2.48. The Hall–Kier alpha value is -1.26. The number of Topliss-reactive ketones (excluding diaryl/α,β-unsaturated/α-hetero) is 1. The second kappa shape index (κ2) is 5.59. The van der Waals surface area contributed by atoms with Gasteiger partial charge in [-0.1, -0.05) is 0 Å². The first-order valence-corrected chi connectivity index (χ1v) is 6.23. The minimum absolute atomic E-state index is 0.0691. The summed E-state index contributed by atoms with van der Waals surface area (Å²) < 4.78 is 18.3. The Bertz CT molecular complexity index is 416. The maximum Gasteiger partial charge on any atom is 0.192 e. The van der Waals surface area contributed by atoms with E-state index in [0.29, 0.717) is 24.8 Å². The van der Waals surface area contributed by atoms with E-state index in [1.165, 1.54) is 24.3 Å². The molecule has 0 amide bonds. The predicted molar refractivity (Wildman–Crippen MR) is 67.2 cm³/mol. The first-order valence-electron chi connectivity index (χ1n) is 6.23. The molecule has 4 heteroatoms. The minimum Gasteiger partial charge on any atom is -0.367 e. The molecule has 2 rings (SSSR count). The van der Waals surface area contributed by atoms with E-state index in [1.807, 2.05) is 0 Å². The van der Waals surface area contributed by atoms with Gasteiger partial charge in [0.05, 0.1) is 6.61 Å². The highest BCUT2D eigenvalue weighted by Crippen LogP contribution is 2.14. The molecule has 1 heterocycles. The summed E-state index contributed by atoms with van der Waals surface area (Å²) in [6, 6.07) is 6.02. The summed E-state index contributed by atoms with van der Waals surface area (Å²) in [5, 5.41) is 0. The summed E-state index contributed by atoms with van der Waals surface area (Å²) in [5.41, 5.74) is 0.506. The molecule has 1 aromatic rings. The maximum absolute atomic E-state index is 12.8. The van der Waals surface area contributed by atoms with Gasteiger partial charge in [0.1, 0.15) is 11.9 Å². The molecule has 0 aromatic heterocycles. The zero-order valence-electron chi connectivity index (χ0n) is 10.7. The highest BCUT2D eigenvalue weighted by Gasteiger charge is 2.28. The van der Waals surface area contributed by atoms with Gasteiger partial charge in [-0.2, -0.15) is 0 Å². The van der Waals surface area contributed by atoms with Crippen LogP contribution in [0.15, 0.2) is 24.3 Å². The third kappa shape index (κ3) is 2.94. The van der Waals surface area contributed by atoms with E-state index in [-0.39, 0.29) is 11.6 Å². The first kappa shape index (κ1) is 13.2. The first-order chi connectivity index (χ1) is 8.58. The number of benzene rings is 1. The van der Waals surface area contributed by atoms with Crippen LogP contribution in [0, 0.1) is 5.82 Å². The average Bonchev–Trinajstić information content (AvgIpc) is 2.39. The van der Waals surface area contributed by atoms with E-state index in [0.717, 1.165) is 6.54 Å². The molecular formula is C14H18FNO2. The van der Waals surface area contributed by atoms with Gasteiger partial charge >= 0.3 is 0 Å². The van der Waals surface area contributed by atoms with Gasteiger partial charge in [-0.25, -0.2) is 4.39 Å². The lowest BCUT2D eigenvalue weighted by Gasteiger charge is -2.34. The van der Waals surface area contributed by atoms with Crippen molar-refractivity contribution < 1.29 is 13.9 Å². The van der Waals surface area contributed by atoms with Crippen LogP contribution in [0.4, 0.5) is 4.39 Å². The van der Waals surface area contributed by atoms with Crippen molar-refractivity contribution in [3.05, 3.63) is 35.6 Å². The minimum atomic E-state index is -0.438. The number of carbonyl (C=O) groups excluding carboxylic acids is 1. The van der Waals surface area contributed by atoms with Crippen LogP contribution >= 0.6 is 0 Å². The fourth-order valence-electron chi connectivity index (χ4n) is 2.10. The van der Waals surface area contributed by atoms with Crippen LogP contribution < -0.4 is 0 Å². The third-order valence-electron chi connectivity index (χ3n) is 3.25. The molecule has 1 aliphatic heterocycles. The summed E-state index contributed by atoms with van der Waals surface area (Å²) in [5.74, 6) is -0.403. The molecule has 1 atom stereocenters. The van der Waals surface area contributed by atoms with Crippen LogP contribution in [0.1, 0.15) is 24.2 Å². The van der Waals surface area contributed by atoms with Gasteiger partial charge in [-0.3, -0.25) is 9.69 Å². The van der Waals surface area contributed by atoms with Crippen molar-refractivity contribution in [1.29, 1.82) is 0 Å². The quantitative estimate of drug-likeness (QED) is 0.771. The van der Waals surface area contributed by atoms with Gasteiger partial charge in [0.25, 0.3) is 0 Å². The van der Waals surface area contributed by atoms with Crippen LogP contribution in [-0.2, 0) is 4.74 Å². The van der Waals surface area contributed by atoms with E-state index in [2.05, 4.69) is 18.7 Å². The number of hydrogen-bond acceptors (Lipinski definition) is 3. The van der Waals surface area contributed by atoms with Crippen molar-refractivity contribution in [2.75, 3.05) is 19.7 Å². The lowest BCUT2D eigenvalue weighted by molar-refractivity contribution is -0.0256. The highest BCUT2D eigenvalue weighted by atomic mass is 19.1. The SMILES string of the molecule is CC(C)N1CCOC(C(=O)c2ccc(F)cc2)C1. The molecule has 3 nitrogen and oxygen atoms in total. The molecule has 1 aliphatic rings. The Balaban J connectivity index is 2.06. The van der Waals surface area contributed by atoms with E-state index >= 15 is 0 Å². The molecule has 0 saturated carbocycles. The number of ketones is 1. The molecule has 0 radical (unpaired) electrons. The molecule has 0 bridgehead atoms. The van der Waals surface area contributed by atoms with Crippen LogP contribution in [0.2, 0.25) is 0 Å². The Morgan fingerprint density at radius 1 is 1.39 bits per heavy atom. The Morgan fingerprint density at radius 3 is 2.67 bits per heavy atom. The van der Waals surface area contributed by atoms with Crippen molar-refractivity contribution >= 4 is 5.78 Å². The summed E-state index contributed by atoms with van der Waals surface area (Å²) in [6.07, 6.45) is -0.438. The summed E-state index contributed by atoms with van der Waals surface area (Å²) in [7, 11) is 0. The summed E-state index contributed by atoms with van der Waals surface area (Å²) in [6.45, 7) is 6.23. The number of nitrogens with zero attached hydrogens (tertiary/aromatic N) is 1. The Kier molecular flexibility index (Phi) is 4.09. The fraction of sp³-hybridized carbons (Fsp3) is 0.500. The zero-order chi connectivity index (χ0) is 13.1. The lowest BCUT2D eigenvalue weighted by atomic mass is 10.0. The third-order valence-corrected chi connectivity index (χ3v) is 3.25. The Labute approximate surface area is 107 Å². The maximum atomic E-state index is 12.8. The van der Waals surface area contributed by atoms with Crippen molar-refractivity contribution in [3.63, 3.8) is 0 Å². The van der Waals surface area contributed by atoms with Crippen LogP contribution in [0.25, 0.3) is 0 Å². The van der Waals surface area contributed by atoms with Gasteiger partial charge in [-0.15, -0.1) is 0 Å².